The van der Waals surface area contributed by atoms with Gasteiger partial charge in [-0.25, -0.2) is 4.39 Å². The summed E-state index contributed by atoms with van der Waals surface area (Å²) in [7, 11) is 0. The van der Waals surface area contributed by atoms with Crippen molar-refractivity contribution in [2.45, 2.75) is 31.9 Å². The van der Waals surface area contributed by atoms with Gasteiger partial charge in [-0.3, -0.25) is 4.79 Å². The molecule has 1 aliphatic rings. The highest BCUT2D eigenvalue weighted by molar-refractivity contribution is 5.91. The molecule has 0 spiro atoms. The van der Waals surface area contributed by atoms with Crippen LogP contribution in [-0.2, 0) is 11.4 Å². The number of carbonyl (C=O) groups excluding carboxylic acids is 1. The third-order valence-electron chi connectivity index (χ3n) is 4.03. The number of ether oxygens (including phenoxy) is 1. The van der Waals surface area contributed by atoms with E-state index in [4.69, 9.17) is 4.74 Å². The third kappa shape index (κ3) is 4.80. The summed E-state index contributed by atoms with van der Waals surface area (Å²) in [4.78, 5) is 12.1. The molecule has 1 fully saturated rings. The van der Waals surface area contributed by atoms with Gasteiger partial charge in [-0.1, -0.05) is 18.2 Å². The molecule has 126 valence electrons. The monoisotopic (exact) mass is 328 g/mol. The van der Waals surface area contributed by atoms with Gasteiger partial charge in [-0.2, -0.15) is 0 Å². The molecule has 0 aliphatic carbocycles. The molecule has 1 atom stereocenters. The molecule has 0 aromatic heterocycles. The summed E-state index contributed by atoms with van der Waals surface area (Å²) in [5.41, 5.74) is 1.60. The summed E-state index contributed by atoms with van der Waals surface area (Å²) in [5, 5.41) is 6.22. The largest absolute Gasteiger partial charge is 0.489 e. The molecule has 1 unspecified atom stereocenters. The van der Waals surface area contributed by atoms with Crippen molar-refractivity contribution >= 4 is 11.6 Å². The zero-order valence-electron chi connectivity index (χ0n) is 13.4. The van der Waals surface area contributed by atoms with Crippen LogP contribution in [0.25, 0.3) is 0 Å². The lowest BCUT2D eigenvalue weighted by Gasteiger charge is -2.12. The molecule has 1 saturated heterocycles. The maximum absolute atomic E-state index is 12.9. The van der Waals surface area contributed by atoms with Gasteiger partial charge in [0.05, 0.1) is 0 Å². The van der Waals surface area contributed by atoms with Crippen LogP contribution in [0.2, 0.25) is 0 Å². The van der Waals surface area contributed by atoms with Crippen molar-refractivity contribution in [3.8, 4) is 5.75 Å². The Kier molecular flexibility index (Phi) is 5.43. The fourth-order valence-corrected chi connectivity index (χ4v) is 2.78. The van der Waals surface area contributed by atoms with Crippen LogP contribution in [0.4, 0.5) is 10.1 Å². The predicted octanol–water partition coefficient (Wildman–Crippen LogP) is 3.49. The molecule has 4 nitrogen and oxygen atoms in total. The van der Waals surface area contributed by atoms with Crippen LogP contribution in [0.1, 0.15) is 24.8 Å². The van der Waals surface area contributed by atoms with Crippen molar-refractivity contribution in [2.75, 3.05) is 11.9 Å². The van der Waals surface area contributed by atoms with Gasteiger partial charge in [-0.15, -0.1) is 0 Å². The maximum atomic E-state index is 12.9. The van der Waals surface area contributed by atoms with Gasteiger partial charge in [0.2, 0.25) is 5.91 Å². The Labute approximate surface area is 141 Å². The number of amides is 1. The summed E-state index contributed by atoms with van der Waals surface area (Å²) in [6.45, 7) is 1.34. The molecule has 3 rings (SSSR count). The van der Waals surface area contributed by atoms with Gasteiger partial charge < -0.3 is 15.4 Å². The van der Waals surface area contributed by atoms with Crippen LogP contribution in [0, 0.1) is 5.82 Å². The minimum absolute atomic E-state index is 0.00471. The molecule has 24 heavy (non-hydrogen) atoms. The Hall–Kier alpha value is -2.40. The number of rotatable bonds is 6. The first-order valence-electron chi connectivity index (χ1n) is 8.19. The van der Waals surface area contributed by atoms with Crippen molar-refractivity contribution in [1.82, 2.24) is 5.32 Å². The van der Waals surface area contributed by atoms with E-state index in [0.29, 0.717) is 18.8 Å². The van der Waals surface area contributed by atoms with Crippen LogP contribution < -0.4 is 15.4 Å². The molecular weight excluding hydrogens is 307 g/mol. The summed E-state index contributed by atoms with van der Waals surface area (Å²) in [5.74, 6) is 0.404. The molecule has 1 amide bonds. The Morgan fingerprint density at radius 3 is 2.83 bits per heavy atom. The number of hydrogen-bond acceptors (Lipinski definition) is 3. The van der Waals surface area contributed by atoms with E-state index in [1.165, 1.54) is 12.1 Å². The Balaban J connectivity index is 1.53. The van der Waals surface area contributed by atoms with E-state index in [-0.39, 0.29) is 17.8 Å². The molecule has 0 bridgehead atoms. The fourth-order valence-electron chi connectivity index (χ4n) is 2.78. The molecule has 0 radical (unpaired) electrons. The van der Waals surface area contributed by atoms with E-state index in [9.17, 15) is 9.18 Å². The highest BCUT2D eigenvalue weighted by Crippen LogP contribution is 2.19. The molecule has 1 aliphatic heterocycles. The van der Waals surface area contributed by atoms with Gasteiger partial charge in [0.15, 0.2) is 0 Å². The van der Waals surface area contributed by atoms with Crippen LogP contribution in [-0.4, -0.2) is 18.5 Å². The SMILES string of the molecule is O=C(CC1CCCN1)Nc1cccc(OCc2ccc(F)cc2)c1. The summed E-state index contributed by atoms with van der Waals surface area (Å²) >= 11 is 0. The van der Waals surface area contributed by atoms with Crippen molar-refractivity contribution < 1.29 is 13.9 Å². The van der Waals surface area contributed by atoms with Gasteiger partial charge in [0.25, 0.3) is 0 Å². The van der Waals surface area contributed by atoms with Gasteiger partial charge in [-0.05, 0) is 49.2 Å². The number of anilines is 1. The highest BCUT2D eigenvalue weighted by Gasteiger charge is 2.17. The lowest BCUT2D eigenvalue weighted by Crippen LogP contribution is -2.27. The number of nitrogens with one attached hydrogen (secondary N) is 2. The molecule has 2 aromatic rings. The van der Waals surface area contributed by atoms with Gasteiger partial charge >= 0.3 is 0 Å². The Morgan fingerprint density at radius 1 is 1.25 bits per heavy atom. The second-order valence-corrected chi connectivity index (χ2v) is 5.99. The van der Waals surface area contributed by atoms with Crippen LogP contribution in [0.5, 0.6) is 5.75 Å². The highest BCUT2D eigenvalue weighted by atomic mass is 19.1. The van der Waals surface area contributed by atoms with Gasteiger partial charge in [0.1, 0.15) is 18.2 Å². The minimum Gasteiger partial charge on any atom is -0.489 e. The summed E-state index contributed by atoms with van der Waals surface area (Å²) < 4.78 is 18.6. The van der Waals surface area contributed by atoms with Crippen molar-refractivity contribution in [1.29, 1.82) is 0 Å². The standard InChI is InChI=1S/C19H21FN2O2/c20-15-8-6-14(7-9-15)13-24-18-5-1-3-17(11-18)22-19(23)12-16-4-2-10-21-16/h1,3,5-9,11,16,21H,2,4,10,12-13H2,(H,22,23). The average Bonchev–Trinajstić information content (AvgIpc) is 3.07. The zero-order valence-corrected chi connectivity index (χ0v) is 13.4. The Morgan fingerprint density at radius 2 is 2.08 bits per heavy atom. The van der Waals surface area contributed by atoms with E-state index in [1.54, 1.807) is 18.2 Å². The number of halogens is 1. The first-order valence-corrected chi connectivity index (χ1v) is 8.19. The zero-order chi connectivity index (χ0) is 16.8. The second kappa shape index (κ2) is 7.93. The number of carbonyl (C=O) groups is 1. The van der Waals surface area contributed by atoms with Gasteiger partial charge in [0, 0.05) is 24.2 Å². The smallest absolute Gasteiger partial charge is 0.225 e. The van der Waals surface area contributed by atoms with Crippen LogP contribution in [0.3, 0.4) is 0 Å². The molecule has 2 aromatic carbocycles. The first kappa shape index (κ1) is 16.5. The molecule has 5 heteroatoms. The lowest BCUT2D eigenvalue weighted by molar-refractivity contribution is -0.116. The summed E-state index contributed by atoms with van der Waals surface area (Å²) in [6, 6.07) is 13.8. The van der Waals surface area contributed by atoms with E-state index in [2.05, 4.69) is 10.6 Å². The molecule has 0 saturated carbocycles. The first-order chi connectivity index (χ1) is 11.7. The van der Waals surface area contributed by atoms with E-state index >= 15 is 0 Å². The van der Waals surface area contributed by atoms with E-state index < -0.39 is 0 Å². The predicted molar refractivity (Wildman–Crippen MR) is 91.4 cm³/mol. The maximum Gasteiger partial charge on any atom is 0.225 e. The third-order valence-corrected chi connectivity index (χ3v) is 4.03. The number of hydrogen-bond donors (Lipinski definition) is 2. The van der Waals surface area contributed by atoms with Crippen molar-refractivity contribution in [3.05, 3.63) is 59.9 Å². The van der Waals surface area contributed by atoms with Crippen LogP contribution >= 0.6 is 0 Å². The average molecular weight is 328 g/mol. The van der Waals surface area contributed by atoms with Crippen molar-refractivity contribution in [3.63, 3.8) is 0 Å². The molecular formula is C19H21FN2O2. The topological polar surface area (TPSA) is 50.4 Å². The second-order valence-electron chi connectivity index (χ2n) is 5.99. The summed E-state index contributed by atoms with van der Waals surface area (Å²) in [6.07, 6.45) is 2.67. The van der Waals surface area contributed by atoms with Crippen LogP contribution in [0.15, 0.2) is 48.5 Å². The van der Waals surface area contributed by atoms with E-state index in [0.717, 1.165) is 30.6 Å². The normalized spacial score (nSPS) is 16.8. The Bertz CT molecular complexity index is 682. The molecule has 1 heterocycles. The van der Waals surface area contributed by atoms with E-state index in [1.807, 2.05) is 18.2 Å². The quantitative estimate of drug-likeness (QED) is 0.853. The number of benzene rings is 2. The fraction of sp³-hybridized carbons (Fsp3) is 0.316. The minimum atomic E-state index is -0.264. The molecule has 2 N–H and O–H groups in total. The van der Waals surface area contributed by atoms with Crippen molar-refractivity contribution in [2.24, 2.45) is 0 Å². The lowest BCUT2D eigenvalue weighted by atomic mass is 10.1.